The number of thioether (sulfide) groups is 1. The highest BCUT2D eigenvalue weighted by atomic mass is 32.2. The molecule has 2 nitrogen and oxygen atoms in total. The highest BCUT2D eigenvalue weighted by Gasteiger charge is 2.43. The maximum atomic E-state index is 9.71. The monoisotopic (exact) mass is 207 g/mol. The van der Waals surface area contributed by atoms with Crippen LogP contribution in [-0.4, -0.2) is 17.4 Å². The third kappa shape index (κ3) is 1.27. The Kier molecular flexibility index (Phi) is 1.71. The van der Waals surface area contributed by atoms with Crippen molar-refractivity contribution in [2.24, 2.45) is 5.41 Å². The zero-order valence-electron chi connectivity index (χ0n) is 7.92. The zero-order chi connectivity index (χ0) is 9.60. The Morgan fingerprint density at radius 1 is 1.36 bits per heavy atom. The molecule has 1 fully saturated rings. The van der Waals surface area contributed by atoms with Crippen LogP contribution in [0.25, 0.3) is 0 Å². The third-order valence-corrected chi connectivity index (χ3v) is 4.60. The quantitative estimate of drug-likeness (QED) is 0.686. The second kappa shape index (κ2) is 2.83. The molecule has 74 valence electrons. The van der Waals surface area contributed by atoms with Gasteiger partial charge >= 0.3 is 0 Å². The van der Waals surface area contributed by atoms with Gasteiger partial charge in [0, 0.05) is 12.3 Å². The maximum Gasteiger partial charge on any atom is 0.131 e. The molecule has 0 bridgehead atoms. The van der Waals surface area contributed by atoms with E-state index in [1.165, 1.54) is 12.8 Å². The van der Waals surface area contributed by atoms with E-state index < -0.39 is 0 Å². The molecule has 1 spiro atoms. The van der Waals surface area contributed by atoms with Gasteiger partial charge in [0.2, 0.25) is 0 Å². The summed E-state index contributed by atoms with van der Waals surface area (Å²) in [5, 5.41) is 13.1. The molecule has 14 heavy (non-hydrogen) atoms. The Balaban J connectivity index is 1.96. The molecule has 3 heteroatoms. The molecular formula is C11H13NOS. The Morgan fingerprint density at radius 3 is 3.00 bits per heavy atom. The van der Waals surface area contributed by atoms with Gasteiger partial charge in [-0.15, -0.1) is 11.8 Å². The lowest BCUT2D eigenvalue weighted by atomic mass is 10.1. The van der Waals surface area contributed by atoms with Crippen LogP contribution >= 0.6 is 11.8 Å². The van der Waals surface area contributed by atoms with E-state index in [1.807, 2.05) is 12.1 Å². The first-order valence-corrected chi connectivity index (χ1v) is 5.96. The Morgan fingerprint density at radius 2 is 2.21 bits per heavy atom. The smallest absolute Gasteiger partial charge is 0.131 e. The molecule has 1 aromatic rings. The molecular weight excluding hydrogens is 194 g/mol. The second-order valence-corrected chi connectivity index (χ2v) is 5.28. The standard InChI is InChI=1S/C11H13NOS/c13-9-3-1-2-8-10(9)14-7-11(4-5-11)6-12-8/h1-3,12-13H,4-7H2. The van der Waals surface area contributed by atoms with E-state index in [0.29, 0.717) is 11.2 Å². The topological polar surface area (TPSA) is 32.3 Å². The predicted octanol–water partition coefficient (Wildman–Crippen LogP) is 2.69. The van der Waals surface area contributed by atoms with Gasteiger partial charge in [0.1, 0.15) is 5.75 Å². The molecule has 0 saturated heterocycles. The first-order valence-electron chi connectivity index (χ1n) is 4.98. The van der Waals surface area contributed by atoms with E-state index >= 15 is 0 Å². The van der Waals surface area contributed by atoms with E-state index in [0.717, 1.165) is 22.9 Å². The minimum absolute atomic E-state index is 0.415. The first-order chi connectivity index (χ1) is 6.79. The van der Waals surface area contributed by atoms with E-state index in [9.17, 15) is 5.11 Å². The van der Waals surface area contributed by atoms with Crippen LogP contribution in [0.3, 0.4) is 0 Å². The summed E-state index contributed by atoms with van der Waals surface area (Å²) < 4.78 is 0. The lowest BCUT2D eigenvalue weighted by Crippen LogP contribution is -2.15. The molecule has 0 unspecified atom stereocenters. The number of aromatic hydroxyl groups is 1. The minimum Gasteiger partial charge on any atom is -0.507 e. The maximum absolute atomic E-state index is 9.71. The summed E-state index contributed by atoms with van der Waals surface area (Å²) in [4.78, 5) is 1.02. The SMILES string of the molecule is Oc1cccc2c1SCC1(CC1)CN2. The normalized spacial score (nSPS) is 22.3. The van der Waals surface area contributed by atoms with E-state index in [-0.39, 0.29) is 0 Å². The molecule has 0 radical (unpaired) electrons. The van der Waals surface area contributed by atoms with E-state index in [2.05, 4.69) is 5.32 Å². The van der Waals surface area contributed by atoms with Gasteiger partial charge in [-0.3, -0.25) is 0 Å². The van der Waals surface area contributed by atoms with Crippen molar-refractivity contribution in [1.82, 2.24) is 0 Å². The first kappa shape index (κ1) is 8.48. The van der Waals surface area contributed by atoms with Crippen LogP contribution in [-0.2, 0) is 0 Å². The van der Waals surface area contributed by atoms with Gasteiger partial charge in [-0.1, -0.05) is 6.07 Å². The van der Waals surface area contributed by atoms with Crippen LogP contribution in [0.4, 0.5) is 5.69 Å². The van der Waals surface area contributed by atoms with Crippen molar-refractivity contribution in [3.05, 3.63) is 18.2 Å². The lowest BCUT2D eigenvalue weighted by molar-refractivity contribution is 0.463. The fourth-order valence-corrected chi connectivity index (χ4v) is 3.23. The molecule has 1 aromatic carbocycles. The molecule has 1 heterocycles. The van der Waals surface area contributed by atoms with Crippen LogP contribution < -0.4 is 5.32 Å². The molecule has 0 amide bonds. The number of hydrogen-bond acceptors (Lipinski definition) is 3. The Labute approximate surface area is 87.7 Å². The van der Waals surface area contributed by atoms with Gasteiger partial charge in [0.15, 0.2) is 0 Å². The van der Waals surface area contributed by atoms with Gasteiger partial charge < -0.3 is 10.4 Å². The van der Waals surface area contributed by atoms with Crippen LogP contribution in [0.15, 0.2) is 23.1 Å². The molecule has 1 aliphatic heterocycles. The van der Waals surface area contributed by atoms with Crippen molar-refractivity contribution >= 4 is 17.4 Å². The summed E-state index contributed by atoms with van der Waals surface area (Å²) in [6.07, 6.45) is 2.67. The van der Waals surface area contributed by atoms with E-state index in [1.54, 1.807) is 17.8 Å². The third-order valence-electron chi connectivity index (χ3n) is 3.13. The van der Waals surface area contributed by atoms with Crippen molar-refractivity contribution in [3.63, 3.8) is 0 Å². The lowest BCUT2D eigenvalue weighted by Gasteiger charge is -2.10. The summed E-state index contributed by atoms with van der Waals surface area (Å²) in [6.45, 7) is 1.07. The Bertz CT molecular complexity index is 374. The van der Waals surface area contributed by atoms with Crippen LogP contribution in [0.2, 0.25) is 0 Å². The van der Waals surface area contributed by atoms with Crippen molar-refractivity contribution in [1.29, 1.82) is 0 Å². The highest BCUT2D eigenvalue weighted by molar-refractivity contribution is 7.99. The van der Waals surface area contributed by atoms with E-state index in [4.69, 9.17) is 0 Å². The summed E-state index contributed by atoms with van der Waals surface area (Å²) >= 11 is 1.79. The van der Waals surface area contributed by atoms with Crippen molar-refractivity contribution < 1.29 is 5.11 Å². The number of anilines is 1. The van der Waals surface area contributed by atoms with Crippen molar-refractivity contribution in [3.8, 4) is 5.75 Å². The molecule has 1 saturated carbocycles. The fraction of sp³-hybridized carbons (Fsp3) is 0.455. The van der Waals surface area contributed by atoms with Gasteiger partial charge in [-0.2, -0.15) is 0 Å². The van der Waals surface area contributed by atoms with Gasteiger partial charge in [-0.25, -0.2) is 0 Å². The molecule has 2 aliphatic rings. The van der Waals surface area contributed by atoms with Crippen molar-refractivity contribution in [2.45, 2.75) is 17.7 Å². The van der Waals surface area contributed by atoms with Crippen molar-refractivity contribution in [2.75, 3.05) is 17.6 Å². The summed E-state index contributed by atoms with van der Waals surface area (Å²) in [5.74, 6) is 1.56. The largest absolute Gasteiger partial charge is 0.507 e. The second-order valence-electron chi connectivity index (χ2n) is 4.30. The number of nitrogens with one attached hydrogen (secondary N) is 1. The van der Waals surface area contributed by atoms with Gasteiger partial charge in [0.25, 0.3) is 0 Å². The fourth-order valence-electron chi connectivity index (χ4n) is 1.87. The predicted molar refractivity (Wildman–Crippen MR) is 59.0 cm³/mol. The summed E-state index contributed by atoms with van der Waals surface area (Å²) in [6, 6.07) is 5.70. The van der Waals surface area contributed by atoms with Gasteiger partial charge in [-0.05, 0) is 30.4 Å². The molecule has 1 aliphatic carbocycles. The zero-order valence-corrected chi connectivity index (χ0v) is 8.73. The number of phenolic OH excluding ortho intramolecular Hbond substituents is 1. The molecule has 0 aromatic heterocycles. The average Bonchev–Trinajstić information content (AvgIpc) is 2.96. The summed E-state index contributed by atoms with van der Waals surface area (Å²) in [5.41, 5.74) is 1.62. The average molecular weight is 207 g/mol. The minimum atomic E-state index is 0.415. The molecule has 0 atom stereocenters. The molecule has 2 N–H and O–H groups in total. The van der Waals surface area contributed by atoms with Crippen LogP contribution in [0, 0.1) is 5.41 Å². The number of rotatable bonds is 0. The summed E-state index contributed by atoms with van der Waals surface area (Å²) in [7, 11) is 0. The number of phenols is 1. The molecule has 3 rings (SSSR count). The number of fused-ring (bicyclic) bond motifs is 1. The number of hydrogen-bond donors (Lipinski definition) is 2. The van der Waals surface area contributed by atoms with Crippen LogP contribution in [0.1, 0.15) is 12.8 Å². The number of benzene rings is 1. The van der Waals surface area contributed by atoms with Gasteiger partial charge in [0.05, 0.1) is 10.6 Å². The Hall–Kier alpha value is -0.830. The van der Waals surface area contributed by atoms with Crippen LogP contribution in [0.5, 0.6) is 5.75 Å². The highest BCUT2D eigenvalue weighted by Crippen LogP contribution is 2.53.